The molecular formula is C23H30. The van der Waals surface area contributed by atoms with Gasteiger partial charge >= 0.3 is 0 Å². The Labute approximate surface area is 141 Å². The predicted octanol–water partition coefficient (Wildman–Crippen LogP) is 5.82. The zero-order valence-electron chi connectivity index (χ0n) is 14.9. The summed E-state index contributed by atoms with van der Waals surface area (Å²) >= 11 is 0. The van der Waals surface area contributed by atoms with Gasteiger partial charge in [-0.15, -0.1) is 0 Å². The molecule has 1 aromatic rings. The second-order valence-electron chi connectivity index (χ2n) is 11.1. The minimum Gasteiger partial charge on any atom is -0.0622 e. The molecule has 8 rings (SSSR count). The van der Waals surface area contributed by atoms with Crippen LogP contribution in [0.2, 0.25) is 0 Å². The minimum atomic E-state index is 0.529. The van der Waals surface area contributed by atoms with Gasteiger partial charge in [-0.2, -0.15) is 0 Å². The maximum absolute atomic E-state index is 2.71. The van der Waals surface area contributed by atoms with Crippen LogP contribution >= 0.6 is 0 Å². The molecule has 0 saturated heterocycles. The first-order valence-corrected chi connectivity index (χ1v) is 9.94. The standard InChI is InChI=1S/C23H30/c1-20-11-18-16-9-21(2)10-17(22(16,3)13-20)19(12-20)23(18,14-21)15-7-5-4-6-8-15/h4-8,16-19H,9-14H2,1-3H3. The predicted molar refractivity (Wildman–Crippen MR) is 94.1 cm³/mol. The van der Waals surface area contributed by atoms with Gasteiger partial charge in [-0.25, -0.2) is 0 Å². The molecule has 122 valence electrons. The Morgan fingerprint density at radius 2 is 1.22 bits per heavy atom. The van der Waals surface area contributed by atoms with Crippen molar-refractivity contribution in [2.75, 3.05) is 0 Å². The fourth-order valence-corrected chi connectivity index (χ4v) is 9.59. The summed E-state index contributed by atoms with van der Waals surface area (Å²) < 4.78 is 0. The fraction of sp³-hybridized carbons (Fsp3) is 0.739. The van der Waals surface area contributed by atoms with Crippen LogP contribution in [-0.4, -0.2) is 0 Å². The van der Waals surface area contributed by atoms with Gasteiger partial charge in [0.05, 0.1) is 0 Å². The van der Waals surface area contributed by atoms with Crippen molar-refractivity contribution in [1.29, 1.82) is 0 Å². The number of rotatable bonds is 1. The normalized spacial score (nSPS) is 61.3. The molecule has 1 aromatic carbocycles. The van der Waals surface area contributed by atoms with Crippen molar-refractivity contribution in [2.45, 2.75) is 64.7 Å². The summed E-state index contributed by atoms with van der Waals surface area (Å²) in [7, 11) is 0. The van der Waals surface area contributed by atoms with Gasteiger partial charge in [0.1, 0.15) is 0 Å². The zero-order chi connectivity index (χ0) is 15.7. The molecule has 0 radical (unpaired) electrons. The van der Waals surface area contributed by atoms with Gasteiger partial charge in [-0.1, -0.05) is 51.1 Å². The second kappa shape index (κ2) is 3.58. The van der Waals surface area contributed by atoms with Crippen LogP contribution in [0, 0.1) is 39.9 Å². The molecular weight excluding hydrogens is 276 g/mol. The first-order chi connectivity index (χ1) is 10.9. The third-order valence-corrected chi connectivity index (χ3v) is 9.68. The quantitative estimate of drug-likeness (QED) is 0.613. The number of hydrogen-bond acceptors (Lipinski definition) is 0. The van der Waals surface area contributed by atoms with Crippen LogP contribution < -0.4 is 0 Å². The van der Waals surface area contributed by atoms with E-state index in [4.69, 9.17) is 0 Å². The second-order valence-corrected chi connectivity index (χ2v) is 11.1. The minimum absolute atomic E-state index is 0.529. The maximum atomic E-state index is 2.71. The van der Waals surface area contributed by atoms with E-state index < -0.39 is 0 Å². The molecule has 4 unspecified atom stereocenters. The van der Waals surface area contributed by atoms with E-state index in [1.54, 1.807) is 5.56 Å². The first-order valence-electron chi connectivity index (χ1n) is 9.94. The Morgan fingerprint density at radius 1 is 0.696 bits per heavy atom. The Balaban J connectivity index is 1.63. The molecule has 0 spiro atoms. The molecule has 7 aliphatic carbocycles. The van der Waals surface area contributed by atoms with E-state index in [1.165, 1.54) is 38.5 Å². The highest BCUT2D eigenvalue weighted by atomic mass is 14.8. The van der Waals surface area contributed by atoms with Crippen LogP contribution in [-0.2, 0) is 5.41 Å². The van der Waals surface area contributed by atoms with Crippen molar-refractivity contribution in [3.63, 3.8) is 0 Å². The van der Waals surface area contributed by atoms with Gasteiger partial charge in [-0.3, -0.25) is 0 Å². The molecule has 0 aliphatic heterocycles. The van der Waals surface area contributed by atoms with Crippen LogP contribution in [0.3, 0.4) is 0 Å². The summed E-state index contributed by atoms with van der Waals surface area (Å²) in [6, 6.07) is 11.8. The van der Waals surface area contributed by atoms with E-state index in [1.807, 2.05) is 0 Å². The average Bonchev–Trinajstić information content (AvgIpc) is 2.51. The monoisotopic (exact) mass is 306 g/mol. The van der Waals surface area contributed by atoms with E-state index in [2.05, 4.69) is 51.1 Å². The lowest BCUT2D eigenvalue weighted by atomic mass is 9.22. The maximum Gasteiger partial charge on any atom is 0.00207 e. The Hall–Kier alpha value is -0.780. The van der Waals surface area contributed by atoms with Crippen LogP contribution in [0.4, 0.5) is 0 Å². The van der Waals surface area contributed by atoms with Crippen molar-refractivity contribution in [3.05, 3.63) is 35.9 Å². The highest BCUT2D eigenvalue weighted by Crippen LogP contribution is 2.84. The lowest BCUT2D eigenvalue weighted by molar-refractivity contribution is -0.303. The summed E-state index contributed by atoms with van der Waals surface area (Å²) in [6.07, 6.45) is 9.11. The summed E-state index contributed by atoms with van der Waals surface area (Å²) in [5.41, 5.74) is 4.19. The highest BCUT2D eigenvalue weighted by molar-refractivity contribution is 5.38. The zero-order valence-corrected chi connectivity index (χ0v) is 14.9. The van der Waals surface area contributed by atoms with Crippen molar-refractivity contribution in [1.82, 2.24) is 0 Å². The van der Waals surface area contributed by atoms with E-state index in [0.29, 0.717) is 21.7 Å². The van der Waals surface area contributed by atoms with Crippen LogP contribution in [0.15, 0.2) is 30.3 Å². The molecule has 0 heterocycles. The van der Waals surface area contributed by atoms with Crippen molar-refractivity contribution in [2.24, 2.45) is 39.9 Å². The Bertz CT molecular complexity index is 659. The molecule has 7 aliphatic rings. The summed E-state index contributed by atoms with van der Waals surface area (Å²) in [5.74, 6) is 3.95. The third-order valence-electron chi connectivity index (χ3n) is 9.68. The van der Waals surface area contributed by atoms with E-state index in [-0.39, 0.29) is 0 Å². The van der Waals surface area contributed by atoms with Crippen LogP contribution in [0.5, 0.6) is 0 Å². The molecule has 8 bridgehead atoms. The summed E-state index contributed by atoms with van der Waals surface area (Å²) in [6.45, 7) is 7.98. The summed E-state index contributed by atoms with van der Waals surface area (Å²) in [4.78, 5) is 0. The molecule has 0 N–H and O–H groups in total. The van der Waals surface area contributed by atoms with Gasteiger partial charge in [0.2, 0.25) is 0 Å². The topological polar surface area (TPSA) is 0 Å². The lowest BCUT2D eigenvalue weighted by Gasteiger charge is -2.82. The van der Waals surface area contributed by atoms with Crippen molar-refractivity contribution in [3.8, 4) is 0 Å². The van der Waals surface area contributed by atoms with Crippen LogP contribution in [0.1, 0.15) is 64.9 Å². The number of benzene rings is 1. The molecule has 0 nitrogen and oxygen atoms in total. The Morgan fingerprint density at radius 3 is 1.83 bits per heavy atom. The molecule has 7 saturated carbocycles. The average molecular weight is 306 g/mol. The van der Waals surface area contributed by atoms with Crippen LogP contribution in [0.25, 0.3) is 0 Å². The van der Waals surface area contributed by atoms with Crippen molar-refractivity contribution < 1.29 is 0 Å². The van der Waals surface area contributed by atoms with E-state index >= 15 is 0 Å². The first kappa shape index (κ1) is 13.5. The molecule has 23 heavy (non-hydrogen) atoms. The Kier molecular flexibility index (Phi) is 2.10. The smallest absolute Gasteiger partial charge is 0.00207 e. The molecule has 0 heteroatoms. The molecule has 0 aromatic heterocycles. The fourth-order valence-electron chi connectivity index (χ4n) is 9.59. The lowest BCUT2D eigenvalue weighted by Crippen LogP contribution is -2.76. The van der Waals surface area contributed by atoms with Crippen molar-refractivity contribution >= 4 is 0 Å². The summed E-state index contributed by atoms with van der Waals surface area (Å²) in [5, 5.41) is 0. The molecule has 4 atom stereocenters. The largest absolute Gasteiger partial charge is 0.0622 e. The van der Waals surface area contributed by atoms with Gasteiger partial charge in [0.15, 0.2) is 0 Å². The van der Waals surface area contributed by atoms with Gasteiger partial charge in [-0.05, 0) is 84.0 Å². The van der Waals surface area contributed by atoms with Gasteiger partial charge in [0, 0.05) is 5.41 Å². The third kappa shape index (κ3) is 1.31. The van der Waals surface area contributed by atoms with E-state index in [0.717, 1.165) is 23.7 Å². The van der Waals surface area contributed by atoms with Gasteiger partial charge in [0.25, 0.3) is 0 Å². The van der Waals surface area contributed by atoms with Gasteiger partial charge < -0.3 is 0 Å². The highest BCUT2D eigenvalue weighted by Gasteiger charge is 2.77. The molecule has 0 amide bonds. The molecule has 7 fully saturated rings. The number of hydrogen-bond donors (Lipinski definition) is 0. The van der Waals surface area contributed by atoms with E-state index in [9.17, 15) is 0 Å². The SMILES string of the molecule is CC12CC3C4CC5(C)CC(C(C1)C3(c1ccccc1)C5)C4(C)C2.